The zero-order valence-corrected chi connectivity index (χ0v) is 14.1. The van der Waals surface area contributed by atoms with Gasteiger partial charge in [-0.05, 0) is 43.7 Å². The molecule has 0 bridgehead atoms. The number of ether oxygens (including phenoxy) is 1. The Morgan fingerprint density at radius 3 is 3.00 bits per heavy atom. The standard InChI is InChI=1S/C17H20N6O/c1-10-13-8-18-17(20-16(13)22-21-10)19-14-6-12-9-23(2)5-4-11(12)7-15(14)24-3/h6-8H,4-5,9H2,1-3H3,(H2,18,19,20,21,22). The van der Waals surface area contributed by atoms with Crippen LogP contribution in [0.1, 0.15) is 16.8 Å². The average molecular weight is 324 g/mol. The van der Waals surface area contributed by atoms with E-state index in [9.17, 15) is 0 Å². The molecule has 24 heavy (non-hydrogen) atoms. The van der Waals surface area contributed by atoms with Gasteiger partial charge in [0.25, 0.3) is 0 Å². The predicted molar refractivity (Wildman–Crippen MR) is 92.7 cm³/mol. The Labute approximate surface area is 140 Å². The maximum atomic E-state index is 5.55. The minimum absolute atomic E-state index is 0.522. The molecule has 0 spiro atoms. The van der Waals surface area contributed by atoms with Gasteiger partial charge in [-0.1, -0.05) is 0 Å². The van der Waals surface area contributed by atoms with Crippen LogP contribution in [-0.2, 0) is 13.0 Å². The molecule has 3 heterocycles. The largest absolute Gasteiger partial charge is 0.495 e. The van der Waals surface area contributed by atoms with Gasteiger partial charge in [0.05, 0.1) is 23.9 Å². The van der Waals surface area contributed by atoms with Gasteiger partial charge in [-0.25, -0.2) is 4.98 Å². The number of aromatic nitrogens is 4. The minimum atomic E-state index is 0.522. The minimum Gasteiger partial charge on any atom is -0.495 e. The molecule has 0 saturated carbocycles. The van der Waals surface area contributed by atoms with Crippen molar-refractivity contribution in [1.82, 2.24) is 25.1 Å². The molecule has 124 valence electrons. The van der Waals surface area contributed by atoms with E-state index in [2.05, 4.69) is 49.6 Å². The van der Waals surface area contributed by atoms with Crippen molar-refractivity contribution in [2.45, 2.75) is 19.9 Å². The van der Waals surface area contributed by atoms with E-state index in [0.717, 1.165) is 47.7 Å². The zero-order valence-electron chi connectivity index (χ0n) is 14.1. The SMILES string of the molecule is COc1cc2c(cc1Nc1ncc3c(C)n[nH]c3n1)CN(C)CC2. The van der Waals surface area contributed by atoms with Crippen molar-refractivity contribution < 1.29 is 4.74 Å². The first kappa shape index (κ1) is 14.9. The molecule has 0 aliphatic carbocycles. The molecular formula is C17H20N6O. The molecule has 7 heteroatoms. The predicted octanol–water partition coefficient (Wildman–Crippen LogP) is 2.40. The normalized spacial score (nSPS) is 14.6. The maximum Gasteiger partial charge on any atom is 0.229 e. The lowest BCUT2D eigenvalue weighted by molar-refractivity contribution is 0.312. The summed E-state index contributed by atoms with van der Waals surface area (Å²) in [6.07, 6.45) is 2.82. The van der Waals surface area contributed by atoms with Gasteiger partial charge in [-0.2, -0.15) is 10.1 Å². The third-order valence-corrected chi connectivity index (χ3v) is 4.48. The van der Waals surface area contributed by atoms with Crippen LogP contribution in [0.4, 0.5) is 11.6 Å². The fourth-order valence-corrected chi connectivity index (χ4v) is 3.10. The van der Waals surface area contributed by atoms with Gasteiger partial charge >= 0.3 is 0 Å². The Hall–Kier alpha value is -2.67. The van der Waals surface area contributed by atoms with Gasteiger partial charge in [0.15, 0.2) is 5.65 Å². The summed E-state index contributed by atoms with van der Waals surface area (Å²) < 4.78 is 5.55. The molecule has 0 fully saturated rings. The molecule has 0 radical (unpaired) electrons. The molecule has 0 atom stereocenters. The Bertz CT molecular complexity index is 903. The Morgan fingerprint density at radius 2 is 2.17 bits per heavy atom. The molecule has 4 rings (SSSR count). The van der Waals surface area contributed by atoms with Crippen LogP contribution in [0.2, 0.25) is 0 Å². The average Bonchev–Trinajstić information content (AvgIpc) is 2.95. The van der Waals surface area contributed by atoms with E-state index in [0.29, 0.717) is 5.95 Å². The first-order valence-corrected chi connectivity index (χ1v) is 7.97. The van der Waals surface area contributed by atoms with E-state index in [-0.39, 0.29) is 0 Å². The van der Waals surface area contributed by atoms with Crippen LogP contribution in [-0.4, -0.2) is 45.8 Å². The third-order valence-electron chi connectivity index (χ3n) is 4.48. The number of nitrogens with one attached hydrogen (secondary N) is 2. The lowest BCUT2D eigenvalue weighted by Crippen LogP contribution is -2.26. The number of benzene rings is 1. The lowest BCUT2D eigenvalue weighted by Gasteiger charge is -2.26. The maximum absolute atomic E-state index is 5.55. The second-order valence-electron chi connectivity index (χ2n) is 6.20. The van der Waals surface area contributed by atoms with Gasteiger partial charge in [0, 0.05) is 19.3 Å². The number of rotatable bonds is 3. The second-order valence-corrected chi connectivity index (χ2v) is 6.20. The number of methoxy groups -OCH3 is 1. The van der Waals surface area contributed by atoms with Crippen molar-refractivity contribution in [3.05, 3.63) is 35.2 Å². The summed E-state index contributed by atoms with van der Waals surface area (Å²) in [6.45, 7) is 3.94. The molecule has 7 nitrogen and oxygen atoms in total. The second kappa shape index (κ2) is 5.76. The van der Waals surface area contributed by atoms with E-state index in [1.165, 1.54) is 11.1 Å². The van der Waals surface area contributed by atoms with Crippen LogP contribution in [0.25, 0.3) is 11.0 Å². The van der Waals surface area contributed by atoms with Gasteiger partial charge < -0.3 is 15.0 Å². The molecule has 2 aromatic heterocycles. The molecule has 0 amide bonds. The number of aromatic amines is 1. The highest BCUT2D eigenvalue weighted by atomic mass is 16.5. The fourth-order valence-electron chi connectivity index (χ4n) is 3.10. The quantitative estimate of drug-likeness (QED) is 0.770. The smallest absolute Gasteiger partial charge is 0.229 e. The van der Waals surface area contributed by atoms with Crippen molar-refractivity contribution in [1.29, 1.82) is 0 Å². The number of hydrogen-bond donors (Lipinski definition) is 2. The Balaban J connectivity index is 1.70. The Morgan fingerprint density at radius 1 is 1.29 bits per heavy atom. The van der Waals surface area contributed by atoms with Gasteiger partial charge in [-0.3, -0.25) is 5.10 Å². The number of hydrogen-bond acceptors (Lipinski definition) is 6. The van der Waals surface area contributed by atoms with Crippen molar-refractivity contribution in [2.75, 3.05) is 26.0 Å². The summed E-state index contributed by atoms with van der Waals surface area (Å²) in [7, 11) is 3.82. The lowest BCUT2D eigenvalue weighted by atomic mass is 9.99. The summed E-state index contributed by atoms with van der Waals surface area (Å²) in [5.74, 6) is 1.33. The summed E-state index contributed by atoms with van der Waals surface area (Å²) >= 11 is 0. The fraction of sp³-hybridized carbons (Fsp3) is 0.353. The van der Waals surface area contributed by atoms with Crippen LogP contribution in [0.5, 0.6) is 5.75 Å². The number of anilines is 2. The molecule has 1 aliphatic heterocycles. The first-order chi connectivity index (χ1) is 11.6. The van der Waals surface area contributed by atoms with E-state index < -0.39 is 0 Å². The summed E-state index contributed by atoms with van der Waals surface area (Å²) in [4.78, 5) is 11.2. The summed E-state index contributed by atoms with van der Waals surface area (Å²) in [6, 6.07) is 4.25. The number of aryl methyl sites for hydroxylation is 1. The van der Waals surface area contributed by atoms with E-state index in [1.807, 2.05) is 6.92 Å². The Kier molecular flexibility index (Phi) is 3.57. The third kappa shape index (κ3) is 2.56. The number of likely N-dealkylation sites (N-methyl/N-ethyl adjacent to an activating group) is 1. The van der Waals surface area contributed by atoms with Crippen molar-refractivity contribution in [3.8, 4) is 5.75 Å². The zero-order chi connectivity index (χ0) is 16.7. The van der Waals surface area contributed by atoms with Crippen molar-refractivity contribution in [3.63, 3.8) is 0 Å². The van der Waals surface area contributed by atoms with Crippen LogP contribution in [0.15, 0.2) is 18.3 Å². The monoisotopic (exact) mass is 324 g/mol. The molecule has 1 aromatic carbocycles. The number of fused-ring (bicyclic) bond motifs is 2. The van der Waals surface area contributed by atoms with Gasteiger partial charge in [0.1, 0.15) is 5.75 Å². The molecule has 0 unspecified atom stereocenters. The molecule has 2 N–H and O–H groups in total. The van der Waals surface area contributed by atoms with Crippen molar-refractivity contribution >= 4 is 22.7 Å². The van der Waals surface area contributed by atoms with Gasteiger partial charge in [-0.15, -0.1) is 0 Å². The topological polar surface area (TPSA) is 79.0 Å². The van der Waals surface area contributed by atoms with Gasteiger partial charge in [0.2, 0.25) is 5.95 Å². The van der Waals surface area contributed by atoms with E-state index >= 15 is 0 Å². The molecule has 0 saturated heterocycles. The highest BCUT2D eigenvalue weighted by Crippen LogP contribution is 2.33. The van der Waals surface area contributed by atoms with E-state index in [4.69, 9.17) is 4.74 Å². The van der Waals surface area contributed by atoms with E-state index in [1.54, 1.807) is 13.3 Å². The van der Waals surface area contributed by atoms with Crippen LogP contribution in [0, 0.1) is 6.92 Å². The number of H-pyrrole nitrogens is 1. The van der Waals surface area contributed by atoms with Crippen LogP contribution < -0.4 is 10.1 Å². The summed E-state index contributed by atoms with van der Waals surface area (Å²) in [5.41, 5.74) is 5.15. The summed E-state index contributed by atoms with van der Waals surface area (Å²) in [5, 5.41) is 11.3. The molecule has 1 aliphatic rings. The van der Waals surface area contributed by atoms with Crippen LogP contribution in [0.3, 0.4) is 0 Å². The molecular weight excluding hydrogens is 304 g/mol. The van der Waals surface area contributed by atoms with Crippen molar-refractivity contribution in [2.24, 2.45) is 0 Å². The first-order valence-electron chi connectivity index (χ1n) is 7.97. The number of nitrogens with zero attached hydrogens (tertiary/aromatic N) is 4. The highest BCUT2D eigenvalue weighted by Gasteiger charge is 2.17. The highest BCUT2D eigenvalue weighted by molar-refractivity contribution is 5.78. The van der Waals surface area contributed by atoms with Crippen LogP contribution >= 0.6 is 0 Å². The molecule has 3 aromatic rings.